The number of imidazole rings is 1. The van der Waals surface area contributed by atoms with Gasteiger partial charge in [0.1, 0.15) is 36.0 Å². The molecule has 58 heavy (non-hydrogen) atoms. The Morgan fingerprint density at radius 2 is 1.53 bits per heavy atom. The van der Waals surface area contributed by atoms with E-state index in [-0.39, 0.29) is 31.6 Å². The third kappa shape index (κ3) is 12.1. The Kier molecular flexibility index (Phi) is 16.4. The van der Waals surface area contributed by atoms with Crippen molar-refractivity contribution in [2.24, 2.45) is 11.7 Å². The van der Waals surface area contributed by atoms with Crippen LogP contribution in [0.5, 0.6) is 5.75 Å². The fourth-order valence-corrected chi connectivity index (χ4v) is 7.18. The Morgan fingerprint density at radius 3 is 2.14 bits per heavy atom. The number of aromatic nitrogens is 2. The van der Waals surface area contributed by atoms with Crippen LogP contribution >= 0.6 is 0 Å². The van der Waals surface area contributed by atoms with E-state index in [2.05, 4.69) is 31.2 Å². The van der Waals surface area contributed by atoms with Crippen LogP contribution < -0.4 is 27.0 Å². The number of aromatic amines is 1. The van der Waals surface area contributed by atoms with Crippen LogP contribution in [0.2, 0.25) is 0 Å². The van der Waals surface area contributed by atoms with Gasteiger partial charge in [-0.1, -0.05) is 76.1 Å². The Labute approximate surface area is 339 Å². The molecule has 0 saturated carbocycles. The number of nitrogens with zero attached hydrogens (tertiary/aromatic N) is 2. The summed E-state index contributed by atoms with van der Waals surface area (Å²) in [4.78, 5) is 90.0. The summed E-state index contributed by atoms with van der Waals surface area (Å²) in [5, 5.41) is 31.3. The van der Waals surface area contributed by atoms with E-state index < -0.39 is 77.7 Å². The van der Waals surface area contributed by atoms with Crippen LogP contribution in [0.25, 0.3) is 0 Å². The van der Waals surface area contributed by atoms with Gasteiger partial charge in [-0.15, -0.1) is 0 Å². The molecule has 1 fully saturated rings. The summed E-state index contributed by atoms with van der Waals surface area (Å²) >= 11 is 0. The number of phenols is 1. The molecule has 2 heterocycles. The van der Waals surface area contributed by atoms with Crippen LogP contribution in [-0.2, 0) is 48.0 Å². The number of likely N-dealkylation sites (tertiary alicyclic amines) is 1. The van der Waals surface area contributed by atoms with Crippen LogP contribution in [-0.4, -0.2) is 103 Å². The van der Waals surface area contributed by atoms with Crippen molar-refractivity contribution >= 4 is 35.5 Å². The van der Waals surface area contributed by atoms with E-state index in [1.54, 1.807) is 63.2 Å². The predicted octanol–water partition coefficient (Wildman–Crippen LogP) is 1.95. The minimum absolute atomic E-state index is 0.0180. The minimum Gasteiger partial charge on any atom is -0.507 e. The van der Waals surface area contributed by atoms with Crippen LogP contribution in [0.15, 0.2) is 55.0 Å². The summed E-state index contributed by atoms with van der Waals surface area (Å²) < 4.78 is 0. The SMILES string of the molecule is CCCC(N)C(=O)NC(Cc1cc(C)c(O)c(C)c1)C(=O)NC(C(=O)NC(Cc1cnc[nH]1)C(=O)N1CCCC1C(=O)NC(Cc1ccccc1)C(=O)O)C(C)CC. The molecule has 1 aromatic heterocycles. The first-order valence-corrected chi connectivity index (χ1v) is 19.9. The monoisotopic (exact) mass is 802 g/mol. The van der Waals surface area contributed by atoms with E-state index in [9.17, 15) is 39.0 Å². The van der Waals surface area contributed by atoms with Gasteiger partial charge in [0.05, 0.1) is 12.4 Å². The van der Waals surface area contributed by atoms with Crippen molar-refractivity contribution in [3.63, 3.8) is 0 Å². The molecule has 0 radical (unpaired) electrons. The Morgan fingerprint density at radius 1 is 0.879 bits per heavy atom. The van der Waals surface area contributed by atoms with Crippen LogP contribution in [0.4, 0.5) is 0 Å². The Balaban J connectivity index is 1.57. The topological polar surface area (TPSA) is 249 Å². The van der Waals surface area contributed by atoms with Crippen molar-refractivity contribution in [3.8, 4) is 5.75 Å². The maximum Gasteiger partial charge on any atom is 0.326 e. The zero-order chi connectivity index (χ0) is 42.5. The van der Waals surface area contributed by atoms with Crippen molar-refractivity contribution in [1.82, 2.24) is 36.1 Å². The lowest BCUT2D eigenvalue weighted by molar-refractivity contribution is -0.145. The maximum atomic E-state index is 14.4. The van der Waals surface area contributed by atoms with Gasteiger partial charge >= 0.3 is 5.97 Å². The van der Waals surface area contributed by atoms with E-state index in [1.807, 2.05) is 13.8 Å². The minimum atomic E-state index is -1.23. The highest BCUT2D eigenvalue weighted by molar-refractivity contribution is 5.97. The van der Waals surface area contributed by atoms with Crippen LogP contribution in [0.1, 0.15) is 80.8 Å². The summed E-state index contributed by atoms with van der Waals surface area (Å²) in [5.41, 5.74) is 9.23. The summed E-state index contributed by atoms with van der Waals surface area (Å²) in [5.74, 6) is -4.51. The van der Waals surface area contributed by atoms with E-state index in [4.69, 9.17) is 5.73 Å². The number of carbonyl (C=O) groups excluding carboxylic acids is 5. The maximum absolute atomic E-state index is 14.4. The summed E-state index contributed by atoms with van der Waals surface area (Å²) in [7, 11) is 0. The third-order valence-electron chi connectivity index (χ3n) is 10.7. The molecule has 0 aliphatic carbocycles. The van der Waals surface area contributed by atoms with Gasteiger partial charge in [0.25, 0.3) is 0 Å². The molecule has 7 atom stereocenters. The molecule has 7 unspecified atom stereocenters. The van der Waals surface area contributed by atoms with Crippen molar-refractivity contribution in [2.75, 3.05) is 6.54 Å². The molecular formula is C42H58N8O8. The lowest BCUT2D eigenvalue weighted by atomic mass is 9.95. The lowest BCUT2D eigenvalue weighted by Crippen LogP contribution is -2.61. The number of carbonyl (C=O) groups is 6. The molecule has 16 nitrogen and oxygen atoms in total. The molecule has 1 aliphatic heterocycles. The van der Waals surface area contributed by atoms with Gasteiger partial charge in [-0.2, -0.15) is 0 Å². The second kappa shape index (κ2) is 21.1. The smallest absolute Gasteiger partial charge is 0.326 e. The molecule has 0 bridgehead atoms. The number of carboxylic acid groups (broad SMARTS) is 1. The number of amides is 5. The first-order valence-electron chi connectivity index (χ1n) is 19.9. The quantitative estimate of drug-likeness (QED) is 0.0825. The Bertz CT molecular complexity index is 1870. The molecule has 1 aliphatic rings. The van der Waals surface area contributed by atoms with Crippen molar-refractivity contribution in [2.45, 2.75) is 122 Å². The highest BCUT2D eigenvalue weighted by Crippen LogP contribution is 2.24. The molecule has 5 amide bonds. The van der Waals surface area contributed by atoms with Crippen LogP contribution in [0, 0.1) is 19.8 Å². The van der Waals surface area contributed by atoms with Gasteiger partial charge < -0.3 is 47.1 Å². The predicted molar refractivity (Wildman–Crippen MR) is 216 cm³/mol. The second-order valence-electron chi connectivity index (χ2n) is 15.2. The van der Waals surface area contributed by atoms with Crippen molar-refractivity contribution in [1.29, 1.82) is 0 Å². The summed E-state index contributed by atoms with van der Waals surface area (Å²) in [6, 6.07) is 5.79. The Hall–Kier alpha value is -5.77. The van der Waals surface area contributed by atoms with E-state index >= 15 is 0 Å². The molecule has 2 aromatic carbocycles. The molecule has 1 saturated heterocycles. The number of nitrogens with two attached hydrogens (primary N) is 1. The van der Waals surface area contributed by atoms with Gasteiger partial charge in [0.15, 0.2) is 0 Å². The number of rotatable bonds is 20. The largest absolute Gasteiger partial charge is 0.507 e. The number of benzene rings is 2. The summed E-state index contributed by atoms with van der Waals surface area (Å²) in [6.07, 6.45) is 5.30. The van der Waals surface area contributed by atoms with Crippen LogP contribution in [0.3, 0.4) is 0 Å². The van der Waals surface area contributed by atoms with Gasteiger partial charge in [-0.05, 0) is 61.3 Å². The van der Waals surface area contributed by atoms with Crippen molar-refractivity contribution < 1.29 is 39.0 Å². The number of aromatic hydroxyl groups is 1. The normalized spacial score (nSPS) is 16.9. The van der Waals surface area contributed by atoms with Gasteiger partial charge in [0.2, 0.25) is 29.5 Å². The van der Waals surface area contributed by atoms with Gasteiger partial charge in [0, 0.05) is 37.7 Å². The standard InChI is InChI=1S/C42H58N8O8/c1-6-12-30(43)37(52)46-31(20-28-17-25(4)36(51)26(5)18-28)38(53)49-35(24(3)7-2)40(55)47-32(21-29-22-44-23-45-29)41(56)50-16-11-15-34(50)39(54)48-33(42(57)58)19-27-13-9-8-10-14-27/h8-10,13-14,17-18,22-24,30-35,51H,6-7,11-12,15-16,19-21,43H2,1-5H3,(H,44,45)(H,46,52)(H,47,55)(H,48,54)(H,49,53)(H,57,58). The summed E-state index contributed by atoms with van der Waals surface area (Å²) in [6.45, 7) is 9.19. The number of hydrogen-bond acceptors (Lipinski definition) is 9. The zero-order valence-corrected chi connectivity index (χ0v) is 33.9. The molecular weight excluding hydrogens is 745 g/mol. The number of H-pyrrole nitrogens is 1. The fourth-order valence-electron chi connectivity index (χ4n) is 7.18. The molecule has 9 N–H and O–H groups in total. The van der Waals surface area contributed by atoms with Gasteiger partial charge in [-0.3, -0.25) is 24.0 Å². The highest BCUT2D eigenvalue weighted by Gasteiger charge is 2.40. The number of hydrogen-bond donors (Lipinski definition) is 8. The molecule has 4 rings (SSSR count). The lowest BCUT2D eigenvalue weighted by Gasteiger charge is -2.31. The first kappa shape index (κ1) is 44.9. The van der Waals surface area contributed by atoms with Gasteiger partial charge in [-0.25, -0.2) is 9.78 Å². The molecule has 16 heteroatoms. The fraction of sp³-hybridized carbons (Fsp3) is 0.500. The molecule has 3 aromatic rings. The second-order valence-corrected chi connectivity index (χ2v) is 15.2. The molecule has 0 spiro atoms. The van der Waals surface area contributed by atoms with E-state index in [0.29, 0.717) is 54.5 Å². The average Bonchev–Trinajstić information content (AvgIpc) is 3.91. The third-order valence-corrected chi connectivity index (χ3v) is 10.7. The van der Waals surface area contributed by atoms with E-state index in [1.165, 1.54) is 17.4 Å². The number of phenolic OH excluding ortho intramolecular Hbond substituents is 1. The first-order chi connectivity index (χ1) is 27.6. The van der Waals surface area contributed by atoms with Crippen molar-refractivity contribution in [3.05, 3.63) is 82.9 Å². The number of nitrogens with one attached hydrogen (secondary N) is 5. The molecule has 314 valence electrons. The number of aryl methyl sites for hydroxylation is 2. The number of carboxylic acids is 1. The average molecular weight is 803 g/mol. The number of aliphatic carboxylic acids is 1. The highest BCUT2D eigenvalue weighted by atomic mass is 16.4. The zero-order valence-electron chi connectivity index (χ0n) is 33.9. The van der Waals surface area contributed by atoms with E-state index in [0.717, 1.165) is 5.56 Å².